The van der Waals surface area contributed by atoms with Gasteiger partial charge < -0.3 is 4.74 Å². The van der Waals surface area contributed by atoms with Gasteiger partial charge in [-0.1, -0.05) is 41.9 Å². The Hall–Kier alpha value is -0.530. The molecule has 0 heterocycles. The van der Waals surface area contributed by atoms with Crippen LogP contribution < -0.4 is 0 Å². The van der Waals surface area contributed by atoms with E-state index in [1.54, 1.807) is 0 Å². The summed E-state index contributed by atoms with van der Waals surface area (Å²) < 4.78 is 5.38. The van der Waals surface area contributed by atoms with E-state index in [4.69, 9.17) is 16.3 Å². The average molecular weight is 185 g/mol. The highest BCUT2D eigenvalue weighted by molar-refractivity contribution is 6.22. The summed E-state index contributed by atoms with van der Waals surface area (Å²) >= 11 is 5.86. The zero-order valence-electron chi connectivity index (χ0n) is 7.38. The van der Waals surface area contributed by atoms with E-state index >= 15 is 0 Å². The van der Waals surface area contributed by atoms with Crippen LogP contribution in [0.4, 0.5) is 0 Å². The van der Waals surface area contributed by atoms with Crippen molar-refractivity contribution in [3.05, 3.63) is 35.9 Å². The quantitative estimate of drug-likeness (QED) is 0.656. The lowest BCUT2D eigenvalue weighted by molar-refractivity contribution is 0.0334. The Bertz CT molecular complexity index is 225. The van der Waals surface area contributed by atoms with Gasteiger partial charge in [0.25, 0.3) is 0 Å². The van der Waals surface area contributed by atoms with Crippen LogP contribution >= 0.6 is 11.6 Å². The van der Waals surface area contributed by atoms with E-state index in [9.17, 15) is 0 Å². The molecule has 12 heavy (non-hydrogen) atoms. The van der Waals surface area contributed by atoms with Gasteiger partial charge in [0.2, 0.25) is 0 Å². The van der Waals surface area contributed by atoms with Crippen LogP contribution in [0.5, 0.6) is 0 Å². The third-order valence-electron chi connectivity index (χ3n) is 1.42. The molecule has 0 saturated carbocycles. The van der Waals surface area contributed by atoms with E-state index in [2.05, 4.69) is 0 Å². The van der Waals surface area contributed by atoms with E-state index in [1.165, 1.54) is 0 Å². The number of alkyl halides is 1. The van der Waals surface area contributed by atoms with Gasteiger partial charge >= 0.3 is 0 Å². The molecule has 0 spiro atoms. The molecule has 0 atom stereocenters. The fraction of sp³-hybridized carbons (Fsp3) is 0.400. The van der Waals surface area contributed by atoms with Gasteiger partial charge in [0.15, 0.2) is 0 Å². The molecule has 0 N–H and O–H groups in total. The molecule has 66 valence electrons. The van der Waals surface area contributed by atoms with Crippen LogP contribution in [0.2, 0.25) is 0 Å². The summed E-state index contributed by atoms with van der Waals surface area (Å²) in [6.45, 7) is 4.23. The lowest BCUT2D eigenvalue weighted by atomic mass is 10.2. The Balaban J connectivity index is 2.44. The van der Waals surface area contributed by atoms with E-state index in [-0.39, 0.29) is 0 Å². The molecule has 0 aliphatic heterocycles. The molecule has 0 unspecified atom stereocenters. The number of ether oxygens (including phenoxy) is 1. The number of rotatable bonds is 3. The highest BCUT2D eigenvalue weighted by atomic mass is 35.5. The minimum Gasteiger partial charge on any atom is -0.356 e. The number of hydrogen-bond donors (Lipinski definition) is 0. The fourth-order valence-corrected chi connectivity index (χ4v) is 0.884. The van der Waals surface area contributed by atoms with Crippen molar-refractivity contribution in [2.45, 2.75) is 25.5 Å². The smallest absolute Gasteiger partial charge is 0.136 e. The monoisotopic (exact) mass is 184 g/mol. The maximum atomic E-state index is 5.86. The minimum atomic E-state index is -0.574. The van der Waals surface area contributed by atoms with Crippen molar-refractivity contribution in [3.63, 3.8) is 0 Å². The number of benzene rings is 1. The molecule has 1 rings (SSSR count). The van der Waals surface area contributed by atoms with E-state index in [0.29, 0.717) is 6.61 Å². The lowest BCUT2D eigenvalue weighted by Crippen LogP contribution is -2.15. The first kappa shape index (κ1) is 9.56. The number of halogens is 1. The Morgan fingerprint density at radius 2 is 1.83 bits per heavy atom. The molecule has 0 amide bonds. The standard InChI is InChI=1S/C10H13ClO/c1-10(2,11)12-8-9-6-4-3-5-7-9/h3-7H,8H2,1-2H3. The van der Waals surface area contributed by atoms with Crippen LogP contribution in [-0.4, -0.2) is 5.06 Å². The Labute approximate surface area is 78.3 Å². The summed E-state index contributed by atoms with van der Waals surface area (Å²) in [6.07, 6.45) is 0. The van der Waals surface area contributed by atoms with Crippen LogP contribution in [0, 0.1) is 0 Å². The molecule has 2 heteroatoms. The van der Waals surface area contributed by atoms with E-state index in [1.807, 2.05) is 44.2 Å². The highest BCUT2D eigenvalue weighted by Crippen LogP contribution is 2.16. The molecule has 1 aromatic carbocycles. The molecule has 1 nitrogen and oxygen atoms in total. The second-order valence-electron chi connectivity index (χ2n) is 3.14. The molecule has 1 aromatic rings. The average Bonchev–Trinajstić information content (AvgIpc) is 2.02. The van der Waals surface area contributed by atoms with Crippen molar-refractivity contribution in [1.29, 1.82) is 0 Å². The van der Waals surface area contributed by atoms with Crippen LogP contribution in [0.1, 0.15) is 19.4 Å². The summed E-state index contributed by atoms with van der Waals surface area (Å²) in [5.41, 5.74) is 1.14. The van der Waals surface area contributed by atoms with Crippen molar-refractivity contribution in [1.82, 2.24) is 0 Å². The minimum absolute atomic E-state index is 0.567. The van der Waals surface area contributed by atoms with Gasteiger partial charge in [0, 0.05) is 0 Å². The molecule has 0 bridgehead atoms. The molecule has 0 fully saturated rings. The zero-order valence-corrected chi connectivity index (χ0v) is 8.14. The predicted molar refractivity (Wildman–Crippen MR) is 51.2 cm³/mol. The highest BCUT2D eigenvalue weighted by Gasteiger charge is 2.12. The van der Waals surface area contributed by atoms with Gasteiger partial charge in [-0.2, -0.15) is 0 Å². The summed E-state index contributed by atoms with van der Waals surface area (Å²) in [4.78, 5) is 0. The Morgan fingerprint density at radius 3 is 2.33 bits per heavy atom. The topological polar surface area (TPSA) is 9.23 Å². The van der Waals surface area contributed by atoms with Gasteiger partial charge in [-0.15, -0.1) is 0 Å². The Kier molecular flexibility index (Phi) is 3.12. The molecular weight excluding hydrogens is 172 g/mol. The fourth-order valence-electron chi connectivity index (χ4n) is 0.829. The van der Waals surface area contributed by atoms with Crippen molar-refractivity contribution in [2.75, 3.05) is 0 Å². The first-order valence-corrected chi connectivity index (χ1v) is 4.32. The van der Waals surface area contributed by atoms with Crippen molar-refractivity contribution < 1.29 is 4.74 Å². The summed E-state index contributed by atoms with van der Waals surface area (Å²) in [6, 6.07) is 9.99. The third-order valence-corrected chi connectivity index (χ3v) is 1.53. The molecule has 0 aliphatic rings. The summed E-state index contributed by atoms with van der Waals surface area (Å²) in [5, 5.41) is -0.574. The molecular formula is C10H13ClO. The number of hydrogen-bond acceptors (Lipinski definition) is 1. The molecule has 0 radical (unpaired) electrons. The summed E-state index contributed by atoms with van der Waals surface area (Å²) in [5.74, 6) is 0. The lowest BCUT2D eigenvalue weighted by Gasteiger charge is -2.16. The van der Waals surface area contributed by atoms with E-state index in [0.717, 1.165) is 5.56 Å². The normalized spacial score (nSPS) is 11.6. The van der Waals surface area contributed by atoms with Gasteiger partial charge in [0.05, 0.1) is 6.61 Å². The Morgan fingerprint density at radius 1 is 1.25 bits per heavy atom. The first-order chi connectivity index (χ1) is 5.58. The molecule has 0 aromatic heterocycles. The van der Waals surface area contributed by atoms with Crippen LogP contribution in [0.15, 0.2) is 30.3 Å². The third kappa shape index (κ3) is 3.74. The maximum absolute atomic E-state index is 5.86. The van der Waals surface area contributed by atoms with Crippen LogP contribution in [0.3, 0.4) is 0 Å². The van der Waals surface area contributed by atoms with Crippen LogP contribution in [0.25, 0.3) is 0 Å². The zero-order chi connectivity index (χ0) is 9.03. The van der Waals surface area contributed by atoms with Crippen LogP contribution in [-0.2, 0) is 11.3 Å². The van der Waals surface area contributed by atoms with Gasteiger partial charge in [-0.3, -0.25) is 0 Å². The second-order valence-corrected chi connectivity index (χ2v) is 4.05. The van der Waals surface area contributed by atoms with Crippen molar-refractivity contribution >= 4 is 11.6 Å². The first-order valence-electron chi connectivity index (χ1n) is 3.95. The maximum Gasteiger partial charge on any atom is 0.136 e. The second kappa shape index (κ2) is 3.92. The van der Waals surface area contributed by atoms with Crippen molar-refractivity contribution in [2.24, 2.45) is 0 Å². The van der Waals surface area contributed by atoms with Gasteiger partial charge in [0.1, 0.15) is 5.06 Å². The molecule has 0 saturated heterocycles. The molecule has 0 aliphatic carbocycles. The SMILES string of the molecule is CC(C)(Cl)OCc1ccccc1. The predicted octanol–water partition coefficient (Wildman–Crippen LogP) is 3.18. The van der Waals surface area contributed by atoms with Crippen molar-refractivity contribution in [3.8, 4) is 0 Å². The largest absolute Gasteiger partial charge is 0.356 e. The van der Waals surface area contributed by atoms with E-state index < -0.39 is 5.06 Å². The van der Waals surface area contributed by atoms with Gasteiger partial charge in [-0.05, 0) is 19.4 Å². The summed E-state index contributed by atoms with van der Waals surface area (Å²) in [7, 11) is 0. The van der Waals surface area contributed by atoms with Gasteiger partial charge in [-0.25, -0.2) is 0 Å².